The second kappa shape index (κ2) is 5.74. The molecule has 4 nitrogen and oxygen atoms in total. The van der Waals surface area contributed by atoms with Gasteiger partial charge in [0.1, 0.15) is 11.9 Å². The Balaban J connectivity index is 1.66. The zero-order valence-electron chi connectivity index (χ0n) is 12.3. The molecule has 0 unspecified atom stereocenters. The molecule has 2 saturated heterocycles. The van der Waals surface area contributed by atoms with Crippen LogP contribution in [-0.2, 0) is 14.3 Å². The quantitative estimate of drug-likeness (QED) is 0.787. The summed E-state index contributed by atoms with van der Waals surface area (Å²) in [5.41, 5.74) is 0. The van der Waals surface area contributed by atoms with Crippen LogP contribution < -0.4 is 0 Å². The van der Waals surface area contributed by atoms with Crippen LogP contribution in [0.5, 0.6) is 0 Å². The molecule has 0 aromatic carbocycles. The van der Waals surface area contributed by atoms with Crippen LogP contribution >= 0.6 is 0 Å². The lowest BCUT2D eigenvalue weighted by molar-refractivity contribution is -0.279. The standard InChI is InChI=1S/C16H26O4/c1-2-3-4-5-6-13-14-9-7-11-12(17)8-10-15(18)16(11,19-13)20-14/h11,13-15,18H,2-10H2,1H3/t11-,13-,14-,15+,16-/m1/s1. The molecule has 1 saturated carbocycles. The average molecular weight is 282 g/mol. The van der Waals surface area contributed by atoms with Crippen molar-refractivity contribution in [2.24, 2.45) is 5.92 Å². The Morgan fingerprint density at radius 1 is 1.20 bits per heavy atom. The van der Waals surface area contributed by atoms with Gasteiger partial charge in [0.05, 0.1) is 18.1 Å². The molecule has 0 radical (unpaired) electrons. The summed E-state index contributed by atoms with van der Waals surface area (Å²) in [6.07, 6.45) is 7.98. The summed E-state index contributed by atoms with van der Waals surface area (Å²) >= 11 is 0. The van der Waals surface area contributed by atoms with Crippen molar-refractivity contribution in [3.05, 3.63) is 0 Å². The van der Waals surface area contributed by atoms with E-state index >= 15 is 0 Å². The number of carbonyl (C=O) groups excluding carboxylic acids is 1. The molecule has 1 spiro atoms. The molecule has 3 aliphatic rings. The lowest BCUT2D eigenvalue weighted by Gasteiger charge is -2.44. The second-order valence-corrected chi connectivity index (χ2v) is 6.53. The van der Waals surface area contributed by atoms with Crippen molar-refractivity contribution in [3.63, 3.8) is 0 Å². The van der Waals surface area contributed by atoms with Gasteiger partial charge < -0.3 is 14.6 Å². The highest BCUT2D eigenvalue weighted by Crippen LogP contribution is 2.50. The molecule has 2 bridgehead atoms. The van der Waals surface area contributed by atoms with E-state index in [0.717, 1.165) is 25.7 Å². The summed E-state index contributed by atoms with van der Waals surface area (Å²) in [5, 5.41) is 10.3. The van der Waals surface area contributed by atoms with E-state index in [-0.39, 0.29) is 23.9 Å². The number of aliphatic hydroxyl groups excluding tert-OH is 1. The Hall–Kier alpha value is -0.450. The number of ether oxygens (including phenoxy) is 2. The molecule has 2 aliphatic heterocycles. The highest BCUT2D eigenvalue weighted by Gasteiger charge is 2.62. The zero-order chi connectivity index (χ0) is 14.2. The second-order valence-electron chi connectivity index (χ2n) is 6.53. The largest absolute Gasteiger partial charge is 0.387 e. The van der Waals surface area contributed by atoms with E-state index in [2.05, 4.69) is 6.92 Å². The van der Waals surface area contributed by atoms with Crippen molar-refractivity contribution in [1.82, 2.24) is 0 Å². The van der Waals surface area contributed by atoms with Crippen LogP contribution in [0.2, 0.25) is 0 Å². The molecular formula is C16H26O4. The van der Waals surface area contributed by atoms with Gasteiger partial charge in [-0.15, -0.1) is 0 Å². The topological polar surface area (TPSA) is 55.8 Å². The summed E-state index contributed by atoms with van der Waals surface area (Å²) < 4.78 is 12.2. The molecule has 1 aliphatic carbocycles. The van der Waals surface area contributed by atoms with Crippen molar-refractivity contribution in [3.8, 4) is 0 Å². The van der Waals surface area contributed by atoms with Crippen molar-refractivity contribution in [2.45, 2.75) is 88.8 Å². The van der Waals surface area contributed by atoms with Gasteiger partial charge >= 0.3 is 0 Å². The summed E-state index contributed by atoms with van der Waals surface area (Å²) in [4.78, 5) is 12.1. The highest BCUT2D eigenvalue weighted by molar-refractivity contribution is 5.83. The van der Waals surface area contributed by atoms with Gasteiger partial charge in [0.15, 0.2) is 0 Å². The molecule has 0 aromatic heterocycles. The fraction of sp³-hybridized carbons (Fsp3) is 0.938. The van der Waals surface area contributed by atoms with Crippen LogP contribution in [0.1, 0.15) is 64.7 Å². The van der Waals surface area contributed by atoms with Gasteiger partial charge in [-0.2, -0.15) is 0 Å². The Morgan fingerprint density at radius 3 is 2.85 bits per heavy atom. The predicted octanol–water partition coefficient (Wildman–Crippen LogP) is 2.57. The number of fused-ring (bicyclic) bond motifs is 1. The van der Waals surface area contributed by atoms with E-state index < -0.39 is 11.9 Å². The molecule has 1 N–H and O–H groups in total. The first-order chi connectivity index (χ1) is 9.67. The highest BCUT2D eigenvalue weighted by atomic mass is 16.8. The van der Waals surface area contributed by atoms with Gasteiger partial charge in [-0.3, -0.25) is 4.79 Å². The van der Waals surface area contributed by atoms with Crippen LogP contribution in [0, 0.1) is 5.92 Å². The van der Waals surface area contributed by atoms with Crippen LogP contribution in [0.4, 0.5) is 0 Å². The number of rotatable bonds is 5. The molecular weight excluding hydrogens is 256 g/mol. The number of Topliss-reactive ketones (excluding diaryl/α,β-unsaturated/α-hetero) is 1. The van der Waals surface area contributed by atoms with Crippen molar-refractivity contribution in [2.75, 3.05) is 0 Å². The third-order valence-electron chi connectivity index (χ3n) is 5.17. The van der Waals surface area contributed by atoms with Gasteiger partial charge in [-0.1, -0.05) is 32.6 Å². The van der Waals surface area contributed by atoms with Gasteiger partial charge in [0.25, 0.3) is 0 Å². The first-order valence-corrected chi connectivity index (χ1v) is 8.23. The molecule has 2 heterocycles. The summed E-state index contributed by atoms with van der Waals surface area (Å²) in [6.45, 7) is 2.20. The Kier molecular flexibility index (Phi) is 4.16. The van der Waals surface area contributed by atoms with Crippen LogP contribution in [0.3, 0.4) is 0 Å². The number of hydrogen-bond donors (Lipinski definition) is 1. The summed E-state index contributed by atoms with van der Waals surface area (Å²) in [7, 11) is 0. The van der Waals surface area contributed by atoms with Gasteiger partial charge in [-0.25, -0.2) is 0 Å². The van der Waals surface area contributed by atoms with Crippen molar-refractivity contribution in [1.29, 1.82) is 0 Å². The molecule has 20 heavy (non-hydrogen) atoms. The number of aliphatic hydroxyl groups is 1. The predicted molar refractivity (Wildman–Crippen MR) is 74.2 cm³/mol. The monoisotopic (exact) mass is 282 g/mol. The van der Waals surface area contributed by atoms with E-state index in [9.17, 15) is 9.90 Å². The lowest BCUT2D eigenvalue weighted by atomic mass is 9.76. The molecule has 4 heteroatoms. The molecule has 3 fully saturated rings. The normalized spacial score (nSPS) is 43.6. The van der Waals surface area contributed by atoms with Crippen LogP contribution in [-0.4, -0.2) is 35.0 Å². The minimum absolute atomic E-state index is 0.0670. The van der Waals surface area contributed by atoms with Crippen molar-refractivity contribution >= 4 is 5.78 Å². The Bertz CT molecular complexity index is 369. The molecule has 5 atom stereocenters. The van der Waals surface area contributed by atoms with E-state index in [1.54, 1.807) is 0 Å². The number of hydrogen-bond acceptors (Lipinski definition) is 4. The fourth-order valence-corrected chi connectivity index (χ4v) is 4.04. The van der Waals surface area contributed by atoms with E-state index in [0.29, 0.717) is 12.8 Å². The first-order valence-electron chi connectivity index (χ1n) is 8.23. The maximum Gasteiger partial charge on any atom is 0.205 e. The van der Waals surface area contributed by atoms with E-state index in [1.165, 1.54) is 19.3 Å². The van der Waals surface area contributed by atoms with Gasteiger partial charge in [0.2, 0.25) is 5.79 Å². The van der Waals surface area contributed by atoms with E-state index in [1.807, 2.05) is 0 Å². The minimum Gasteiger partial charge on any atom is -0.387 e. The average Bonchev–Trinajstić information content (AvgIpc) is 2.73. The third-order valence-corrected chi connectivity index (χ3v) is 5.17. The minimum atomic E-state index is -1.01. The summed E-state index contributed by atoms with van der Waals surface area (Å²) in [6, 6.07) is 0. The van der Waals surface area contributed by atoms with Crippen LogP contribution in [0.15, 0.2) is 0 Å². The zero-order valence-corrected chi connectivity index (χ0v) is 12.3. The molecule has 0 amide bonds. The molecule has 3 rings (SSSR count). The van der Waals surface area contributed by atoms with Crippen LogP contribution in [0.25, 0.3) is 0 Å². The lowest BCUT2D eigenvalue weighted by Crippen LogP contribution is -2.57. The van der Waals surface area contributed by atoms with E-state index in [4.69, 9.17) is 9.47 Å². The third kappa shape index (κ3) is 2.32. The number of unbranched alkanes of at least 4 members (excludes halogenated alkanes) is 3. The fourth-order valence-electron chi connectivity index (χ4n) is 4.04. The maximum atomic E-state index is 12.1. The number of ketones is 1. The first kappa shape index (κ1) is 14.5. The Labute approximate surface area is 120 Å². The molecule has 0 aromatic rings. The maximum absolute atomic E-state index is 12.1. The number of carbonyl (C=O) groups is 1. The Morgan fingerprint density at radius 2 is 2.05 bits per heavy atom. The molecule has 114 valence electrons. The van der Waals surface area contributed by atoms with Crippen molar-refractivity contribution < 1.29 is 19.4 Å². The SMILES string of the molecule is CCCCCC[C@H]1O[C@@]23O[C@@H]1CC[C@@H]2C(=O)CC[C@@H]3O. The smallest absolute Gasteiger partial charge is 0.205 e. The summed E-state index contributed by atoms with van der Waals surface area (Å²) in [5.74, 6) is -1.04. The van der Waals surface area contributed by atoms with Gasteiger partial charge in [0, 0.05) is 6.42 Å². The van der Waals surface area contributed by atoms with Gasteiger partial charge in [-0.05, 0) is 25.7 Å².